The molecule has 0 aromatic heterocycles. The maximum Gasteiger partial charge on any atom is 0.101 e. The minimum atomic E-state index is 0.457. The fraction of sp³-hybridized carbons (Fsp3) is 0.611. The molecule has 1 saturated carbocycles. The standard InChI is InChI=1S/C18H25BrN2/c1-4-18(2,3)14-6-9-16(10-7-14)21-17-11-15(19)8-5-13(17)12-20/h5,8,11,14,16,21H,4,6-7,9-10H2,1-3H3. The predicted molar refractivity (Wildman–Crippen MR) is 92.3 cm³/mol. The molecule has 1 aromatic carbocycles. The van der Waals surface area contributed by atoms with E-state index in [1.165, 1.54) is 32.1 Å². The van der Waals surface area contributed by atoms with Crippen molar-refractivity contribution in [2.45, 2.75) is 58.9 Å². The molecule has 0 heterocycles. The summed E-state index contributed by atoms with van der Waals surface area (Å²) >= 11 is 3.49. The van der Waals surface area contributed by atoms with Crippen molar-refractivity contribution in [2.24, 2.45) is 11.3 Å². The molecule has 0 aliphatic heterocycles. The summed E-state index contributed by atoms with van der Waals surface area (Å²) in [6, 6.07) is 8.58. The van der Waals surface area contributed by atoms with Gasteiger partial charge in [-0.2, -0.15) is 5.26 Å². The van der Waals surface area contributed by atoms with Crippen LogP contribution >= 0.6 is 15.9 Å². The molecule has 1 aliphatic carbocycles. The molecule has 1 aromatic rings. The van der Waals surface area contributed by atoms with Crippen molar-refractivity contribution in [3.8, 4) is 6.07 Å². The van der Waals surface area contributed by atoms with E-state index in [0.29, 0.717) is 11.5 Å². The number of halogens is 1. The number of hydrogen-bond donors (Lipinski definition) is 1. The molecule has 114 valence electrons. The van der Waals surface area contributed by atoms with Crippen LogP contribution < -0.4 is 5.32 Å². The van der Waals surface area contributed by atoms with Crippen molar-refractivity contribution >= 4 is 21.6 Å². The van der Waals surface area contributed by atoms with Gasteiger partial charge in [0.15, 0.2) is 0 Å². The van der Waals surface area contributed by atoms with Crippen LogP contribution in [0.5, 0.6) is 0 Å². The number of hydrogen-bond acceptors (Lipinski definition) is 2. The zero-order chi connectivity index (χ0) is 15.5. The first kappa shape index (κ1) is 16.4. The van der Waals surface area contributed by atoms with Crippen molar-refractivity contribution in [3.63, 3.8) is 0 Å². The van der Waals surface area contributed by atoms with E-state index in [9.17, 15) is 5.26 Å². The fourth-order valence-corrected chi connectivity index (χ4v) is 3.62. The van der Waals surface area contributed by atoms with E-state index < -0.39 is 0 Å². The second-order valence-corrected chi connectivity index (χ2v) is 7.75. The van der Waals surface area contributed by atoms with Gasteiger partial charge in [-0.15, -0.1) is 0 Å². The highest BCUT2D eigenvalue weighted by Gasteiger charge is 2.31. The van der Waals surface area contributed by atoms with Gasteiger partial charge in [0.25, 0.3) is 0 Å². The molecule has 0 unspecified atom stereocenters. The van der Waals surface area contributed by atoms with E-state index >= 15 is 0 Å². The Labute approximate surface area is 137 Å². The first-order valence-electron chi connectivity index (χ1n) is 7.92. The zero-order valence-electron chi connectivity index (χ0n) is 13.2. The monoisotopic (exact) mass is 348 g/mol. The molecule has 0 saturated heterocycles. The molecule has 0 radical (unpaired) electrons. The first-order chi connectivity index (χ1) is 9.96. The highest BCUT2D eigenvalue weighted by atomic mass is 79.9. The fourth-order valence-electron chi connectivity index (χ4n) is 3.26. The summed E-state index contributed by atoms with van der Waals surface area (Å²) in [5, 5.41) is 12.8. The van der Waals surface area contributed by atoms with Gasteiger partial charge in [-0.3, -0.25) is 0 Å². The van der Waals surface area contributed by atoms with Crippen LogP contribution in [-0.2, 0) is 0 Å². The van der Waals surface area contributed by atoms with Gasteiger partial charge in [-0.05, 0) is 55.2 Å². The maximum absolute atomic E-state index is 9.21. The molecule has 0 spiro atoms. The molecule has 21 heavy (non-hydrogen) atoms. The van der Waals surface area contributed by atoms with E-state index in [1.807, 2.05) is 18.2 Å². The Morgan fingerprint density at radius 2 is 1.95 bits per heavy atom. The van der Waals surface area contributed by atoms with Crippen molar-refractivity contribution in [2.75, 3.05) is 5.32 Å². The molecular formula is C18H25BrN2. The molecule has 0 atom stereocenters. The quantitative estimate of drug-likeness (QED) is 0.754. The Hall–Kier alpha value is -1.01. The minimum absolute atomic E-state index is 0.457. The Balaban J connectivity index is 1.98. The normalized spacial score (nSPS) is 22.6. The molecule has 2 nitrogen and oxygen atoms in total. The topological polar surface area (TPSA) is 35.8 Å². The molecule has 2 rings (SSSR count). The van der Waals surface area contributed by atoms with E-state index in [2.05, 4.69) is 48.1 Å². The largest absolute Gasteiger partial charge is 0.381 e. The lowest BCUT2D eigenvalue weighted by Gasteiger charge is -2.39. The van der Waals surface area contributed by atoms with Gasteiger partial charge in [0.05, 0.1) is 11.3 Å². The van der Waals surface area contributed by atoms with E-state index in [-0.39, 0.29) is 0 Å². The smallest absolute Gasteiger partial charge is 0.101 e. The Morgan fingerprint density at radius 3 is 2.52 bits per heavy atom. The Kier molecular flexibility index (Phi) is 5.32. The van der Waals surface area contributed by atoms with E-state index in [4.69, 9.17) is 0 Å². The number of benzene rings is 1. The number of nitrogens with one attached hydrogen (secondary N) is 1. The average Bonchev–Trinajstić information content (AvgIpc) is 2.48. The minimum Gasteiger partial charge on any atom is -0.381 e. The highest BCUT2D eigenvalue weighted by Crippen LogP contribution is 2.41. The van der Waals surface area contributed by atoms with E-state index in [0.717, 1.165) is 21.6 Å². The van der Waals surface area contributed by atoms with Gasteiger partial charge in [0, 0.05) is 10.5 Å². The summed E-state index contributed by atoms with van der Waals surface area (Å²) in [4.78, 5) is 0. The summed E-state index contributed by atoms with van der Waals surface area (Å²) < 4.78 is 1.02. The third kappa shape index (κ3) is 4.01. The SMILES string of the molecule is CCC(C)(C)C1CCC(Nc2cc(Br)ccc2C#N)CC1. The first-order valence-corrected chi connectivity index (χ1v) is 8.71. The van der Waals surface area contributed by atoms with Crippen molar-refractivity contribution in [1.82, 2.24) is 0 Å². The molecule has 1 N–H and O–H groups in total. The third-order valence-corrected chi connectivity index (χ3v) is 5.70. The van der Waals surface area contributed by atoms with Crippen LogP contribution in [0.25, 0.3) is 0 Å². The Bertz CT molecular complexity index is 523. The summed E-state index contributed by atoms with van der Waals surface area (Å²) in [7, 11) is 0. The summed E-state index contributed by atoms with van der Waals surface area (Å²) in [5.74, 6) is 0.832. The van der Waals surface area contributed by atoms with Gasteiger partial charge in [-0.1, -0.05) is 43.1 Å². The van der Waals surface area contributed by atoms with Crippen LogP contribution in [0.1, 0.15) is 58.4 Å². The van der Waals surface area contributed by atoms with Gasteiger partial charge in [-0.25, -0.2) is 0 Å². The van der Waals surface area contributed by atoms with Crippen molar-refractivity contribution in [3.05, 3.63) is 28.2 Å². The van der Waals surface area contributed by atoms with Gasteiger partial charge in [0.1, 0.15) is 6.07 Å². The van der Waals surface area contributed by atoms with Gasteiger partial charge >= 0.3 is 0 Å². The van der Waals surface area contributed by atoms with Gasteiger partial charge in [0.2, 0.25) is 0 Å². The lowest BCUT2D eigenvalue weighted by Crippen LogP contribution is -2.32. The van der Waals surface area contributed by atoms with Crippen LogP contribution in [0.3, 0.4) is 0 Å². The van der Waals surface area contributed by atoms with Crippen LogP contribution in [-0.4, -0.2) is 6.04 Å². The number of nitrogens with zero attached hydrogens (tertiary/aromatic N) is 1. The second kappa shape index (κ2) is 6.83. The number of rotatable bonds is 4. The van der Waals surface area contributed by atoms with Crippen molar-refractivity contribution < 1.29 is 0 Å². The predicted octanol–water partition coefficient (Wildman–Crippen LogP) is 5.73. The van der Waals surface area contributed by atoms with Crippen molar-refractivity contribution in [1.29, 1.82) is 5.26 Å². The number of anilines is 1. The second-order valence-electron chi connectivity index (χ2n) is 6.84. The molecule has 1 fully saturated rings. The summed E-state index contributed by atoms with van der Waals surface area (Å²) in [5.41, 5.74) is 2.15. The third-order valence-electron chi connectivity index (χ3n) is 5.21. The average molecular weight is 349 g/mol. The van der Waals surface area contributed by atoms with E-state index in [1.54, 1.807) is 0 Å². The molecule has 1 aliphatic rings. The summed E-state index contributed by atoms with van der Waals surface area (Å²) in [6.45, 7) is 7.09. The van der Waals surface area contributed by atoms with Gasteiger partial charge < -0.3 is 5.32 Å². The molecule has 3 heteroatoms. The van der Waals surface area contributed by atoms with Crippen LogP contribution in [0.15, 0.2) is 22.7 Å². The lowest BCUT2D eigenvalue weighted by atomic mass is 9.69. The van der Waals surface area contributed by atoms with Crippen LogP contribution in [0.4, 0.5) is 5.69 Å². The number of nitriles is 1. The Morgan fingerprint density at radius 1 is 1.29 bits per heavy atom. The molecular weight excluding hydrogens is 324 g/mol. The zero-order valence-corrected chi connectivity index (χ0v) is 14.8. The molecule has 0 amide bonds. The summed E-state index contributed by atoms with van der Waals surface area (Å²) in [6.07, 6.45) is 6.22. The highest BCUT2D eigenvalue weighted by molar-refractivity contribution is 9.10. The lowest BCUT2D eigenvalue weighted by molar-refractivity contribution is 0.147. The maximum atomic E-state index is 9.21. The molecule has 0 bridgehead atoms. The van der Waals surface area contributed by atoms with Crippen LogP contribution in [0, 0.1) is 22.7 Å². The van der Waals surface area contributed by atoms with Crippen LogP contribution in [0.2, 0.25) is 0 Å².